The van der Waals surface area contributed by atoms with Gasteiger partial charge in [0.1, 0.15) is 5.82 Å². The Morgan fingerprint density at radius 2 is 1.67 bits per heavy atom. The van der Waals surface area contributed by atoms with E-state index in [9.17, 15) is 4.79 Å². The number of benzene rings is 2. The normalized spacial score (nSPS) is 10.2. The molecule has 2 aromatic carbocycles. The number of carbonyl (C=O) groups excluding carboxylic acids is 1. The van der Waals surface area contributed by atoms with Crippen LogP contribution in [-0.4, -0.2) is 10.9 Å². The first-order valence-electron chi connectivity index (χ1n) is 7.16. The first-order valence-corrected chi connectivity index (χ1v) is 8.75. The van der Waals surface area contributed by atoms with Crippen LogP contribution in [0.1, 0.15) is 10.4 Å². The molecule has 0 spiro atoms. The Bertz CT molecular complexity index is 866. The maximum atomic E-state index is 12.6. The maximum absolute atomic E-state index is 12.6. The highest BCUT2D eigenvalue weighted by atomic mass is 79.9. The number of hydrogen-bond donors (Lipinski definition) is 2. The summed E-state index contributed by atoms with van der Waals surface area (Å²) in [4.78, 5) is 16.9. The van der Waals surface area contributed by atoms with Gasteiger partial charge in [0, 0.05) is 26.5 Å². The summed E-state index contributed by atoms with van der Waals surface area (Å²) >= 11 is 6.79. The molecule has 0 atom stereocenters. The number of anilines is 3. The molecule has 0 aliphatic carbocycles. The van der Waals surface area contributed by atoms with E-state index in [1.807, 2.05) is 48.5 Å². The number of amides is 1. The molecular weight excluding hydrogens is 434 g/mol. The predicted molar refractivity (Wildman–Crippen MR) is 104 cm³/mol. The number of halogens is 2. The highest BCUT2D eigenvalue weighted by Crippen LogP contribution is 2.22. The molecule has 0 radical (unpaired) electrons. The third kappa shape index (κ3) is 4.21. The monoisotopic (exact) mass is 445 g/mol. The van der Waals surface area contributed by atoms with E-state index in [2.05, 4.69) is 47.5 Å². The Hall–Kier alpha value is -2.18. The van der Waals surface area contributed by atoms with Gasteiger partial charge in [-0.25, -0.2) is 4.98 Å². The van der Waals surface area contributed by atoms with Gasteiger partial charge in [0.15, 0.2) is 0 Å². The molecule has 6 heteroatoms. The van der Waals surface area contributed by atoms with Crippen molar-refractivity contribution in [3.05, 3.63) is 81.4 Å². The molecule has 0 fully saturated rings. The molecule has 24 heavy (non-hydrogen) atoms. The predicted octanol–water partition coefficient (Wildman–Crippen LogP) is 5.60. The highest BCUT2D eigenvalue weighted by molar-refractivity contribution is 9.10. The molecule has 0 unspecified atom stereocenters. The van der Waals surface area contributed by atoms with Crippen LogP contribution in [0.4, 0.5) is 17.2 Å². The SMILES string of the molecule is O=C(Nc1cccc(Br)c1)c1cccnc1Nc1ccc(Br)cc1. The van der Waals surface area contributed by atoms with Gasteiger partial charge >= 0.3 is 0 Å². The molecule has 120 valence electrons. The molecule has 1 heterocycles. The van der Waals surface area contributed by atoms with Gasteiger partial charge in [-0.15, -0.1) is 0 Å². The fourth-order valence-electron chi connectivity index (χ4n) is 2.12. The van der Waals surface area contributed by atoms with E-state index in [0.717, 1.165) is 14.6 Å². The lowest BCUT2D eigenvalue weighted by Crippen LogP contribution is -2.14. The summed E-state index contributed by atoms with van der Waals surface area (Å²) in [6.07, 6.45) is 1.65. The van der Waals surface area contributed by atoms with Crippen molar-refractivity contribution in [3.63, 3.8) is 0 Å². The third-order valence-corrected chi connectivity index (χ3v) is 4.26. The minimum absolute atomic E-state index is 0.221. The van der Waals surface area contributed by atoms with Crippen LogP contribution in [0.15, 0.2) is 75.8 Å². The molecule has 1 aromatic heterocycles. The smallest absolute Gasteiger partial charge is 0.259 e. The summed E-state index contributed by atoms with van der Waals surface area (Å²) in [5.41, 5.74) is 2.04. The summed E-state index contributed by atoms with van der Waals surface area (Å²) < 4.78 is 1.89. The minimum atomic E-state index is -0.221. The van der Waals surface area contributed by atoms with Gasteiger partial charge in [0.25, 0.3) is 5.91 Å². The number of pyridine rings is 1. The highest BCUT2D eigenvalue weighted by Gasteiger charge is 2.13. The van der Waals surface area contributed by atoms with Crippen molar-refractivity contribution in [3.8, 4) is 0 Å². The fraction of sp³-hybridized carbons (Fsp3) is 0. The van der Waals surface area contributed by atoms with E-state index in [-0.39, 0.29) is 5.91 Å². The van der Waals surface area contributed by atoms with Crippen LogP contribution in [0, 0.1) is 0 Å². The lowest BCUT2D eigenvalue weighted by atomic mass is 10.2. The lowest BCUT2D eigenvalue weighted by molar-refractivity contribution is 0.102. The van der Waals surface area contributed by atoms with Gasteiger partial charge in [0.05, 0.1) is 5.56 Å². The van der Waals surface area contributed by atoms with Crippen LogP contribution < -0.4 is 10.6 Å². The van der Waals surface area contributed by atoms with Crippen LogP contribution in [0.5, 0.6) is 0 Å². The van der Waals surface area contributed by atoms with Crippen molar-refractivity contribution in [2.75, 3.05) is 10.6 Å². The number of carbonyl (C=O) groups is 1. The Labute approximate surface area is 156 Å². The zero-order valence-electron chi connectivity index (χ0n) is 12.5. The molecule has 0 bridgehead atoms. The summed E-state index contributed by atoms with van der Waals surface area (Å²) in [5, 5.41) is 6.05. The van der Waals surface area contributed by atoms with Crippen LogP contribution in [0.25, 0.3) is 0 Å². The summed E-state index contributed by atoms with van der Waals surface area (Å²) in [6, 6.07) is 18.6. The minimum Gasteiger partial charge on any atom is -0.340 e. The molecule has 2 N–H and O–H groups in total. The van der Waals surface area contributed by atoms with E-state index in [1.54, 1.807) is 18.3 Å². The van der Waals surface area contributed by atoms with E-state index >= 15 is 0 Å². The number of aromatic nitrogens is 1. The molecule has 3 rings (SSSR count). The van der Waals surface area contributed by atoms with Gasteiger partial charge in [-0.1, -0.05) is 37.9 Å². The quantitative estimate of drug-likeness (QED) is 0.548. The molecule has 0 saturated carbocycles. The second kappa shape index (κ2) is 7.59. The van der Waals surface area contributed by atoms with Crippen LogP contribution >= 0.6 is 31.9 Å². The average Bonchev–Trinajstić information content (AvgIpc) is 2.57. The summed E-state index contributed by atoms with van der Waals surface area (Å²) in [7, 11) is 0. The zero-order chi connectivity index (χ0) is 16.9. The van der Waals surface area contributed by atoms with Gasteiger partial charge in [-0.2, -0.15) is 0 Å². The average molecular weight is 447 g/mol. The maximum Gasteiger partial charge on any atom is 0.259 e. The van der Waals surface area contributed by atoms with Gasteiger partial charge in [-0.05, 0) is 54.6 Å². The topological polar surface area (TPSA) is 54.0 Å². The lowest BCUT2D eigenvalue weighted by Gasteiger charge is -2.11. The van der Waals surface area contributed by atoms with Crippen LogP contribution in [0.2, 0.25) is 0 Å². The van der Waals surface area contributed by atoms with Gasteiger partial charge < -0.3 is 10.6 Å². The van der Waals surface area contributed by atoms with E-state index < -0.39 is 0 Å². The Kier molecular flexibility index (Phi) is 5.27. The molecule has 4 nitrogen and oxygen atoms in total. The summed E-state index contributed by atoms with van der Waals surface area (Å²) in [6.45, 7) is 0. The van der Waals surface area contributed by atoms with Crippen molar-refractivity contribution >= 4 is 55.0 Å². The summed E-state index contributed by atoms with van der Waals surface area (Å²) in [5.74, 6) is 0.285. The second-order valence-electron chi connectivity index (χ2n) is 5.00. The molecule has 0 aliphatic rings. The first kappa shape index (κ1) is 16.7. The Balaban J connectivity index is 1.83. The first-order chi connectivity index (χ1) is 11.6. The van der Waals surface area contributed by atoms with E-state index in [4.69, 9.17) is 0 Å². The van der Waals surface area contributed by atoms with E-state index in [0.29, 0.717) is 17.1 Å². The van der Waals surface area contributed by atoms with Crippen LogP contribution in [0.3, 0.4) is 0 Å². The third-order valence-electron chi connectivity index (χ3n) is 3.24. The number of hydrogen-bond acceptors (Lipinski definition) is 3. The molecule has 1 amide bonds. The molecule has 0 saturated heterocycles. The standard InChI is InChI=1S/C18H13Br2N3O/c19-12-6-8-14(9-7-12)22-17-16(5-2-10-21-17)18(24)23-15-4-1-3-13(20)11-15/h1-11H,(H,21,22)(H,23,24). The Morgan fingerprint density at radius 1 is 0.875 bits per heavy atom. The number of nitrogens with zero attached hydrogens (tertiary/aromatic N) is 1. The van der Waals surface area contributed by atoms with Gasteiger partial charge in [-0.3, -0.25) is 4.79 Å². The molecule has 3 aromatic rings. The largest absolute Gasteiger partial charge is 0.340 e. The second-order valence-corrected chi connectivity index (χ2v) is 6.83. The van der Waals surface area contributed by atoms with Crippen molar-refractivity contribution in [1.29, 1.82) is 0 Å². The Morgan fingerprint density at radius 3 is 2.42 bits per heavy atom. The van der Waals surface area contributed by atoms with Gasteiger partial charge in [0.2, 0.25) is 0 Å². The van der Waals surface area contributed by atoms with E-state index in [1.165, 1.54) is 0 Å². The van der Waals surface area contributed by atoms with Crippen molar-refractivity contribution in [1.82, 2.24) is 4.98 Å². The number of rotatable bonds is 4. The van der Waals surface area contributed by atoms with Crippen molar-refractivity contribution in [2.24, 2.45) is 0 Å². The molecular formula is C18H13Br2N3O. The van der Waals surface area contributed by atoms with Crippen molar-refractivity contribution < 1.29 is 4.79 Å². The molecule has 0 aliphatic heterocycles. The fourth-order valence-corrected chi connectivity index (χ4v) is 2.79. The number of nitrogens with one attached hydrogen (secondary N) is 2. The zero-order valence-corrected chi connectivity index (χ0v) is 15.6. The van der Waals surface area contributed by atoms with Crippen molar-refractivity contribution in [2.45, 2.75) is 0 Å². The van der Waals surface area contributed by atoms with Crippen LogP contribution in [-0.2, 0) is 0 Å².